The third kappa shape index (κ3) is 11.6. The number of ether oxygens (including phenoxy) is 5. The number of rotatable bonds is 19. The predicted molar refractivity (Wildman–Crippen MR) is 288 cm³/mol. The Morgan fingerprint density at radius 1 is 0.808 bits per heavy atom. The van der Waals surface area contributed by atoms with Crippen molar-refractivity contribution in [1.82, 2.24) is 39.6 Å². The number of methoxy groups -OCH3 is 1. The fourth-order valence-corrected chi connectivity index (χ4v) is 11.1. The van der Waals surface area contributed by atoms with Crippen LogP contribution in [0.15, 0.2) is 114 Å². The number of carbonyl (C=O) groups excluding carboxylic acids is 2. The molecule has 73 heavy (non-hydrogen) atoms. The molecule has 0 radical (unpaired) electrons. The monoisotopic (exact) mass is 1020 g/mol. The summed E-state index contributed by atoms with van der Waals surface area (Å²) in [7, 11) is 6.78. The zero-order valence-electron chi connectivity index (χ0n) is 41.1. The first-order chi connectivity index (χ1) is 35.7. The summed E-state index contributed by atoms with van der Waals surface area (Å²) in [5.41, 5.74) is 14.9. The summed E-state index contributed by atoms with van der Waals surface area (Å²) in [6.07, 6.45) is 3.52. The van der Waals surface area contributed by atoms with Gasteiger partial charge in [-0.25, -0.2) is 19.7 Å². The van der Waals surface area contributed by atoms with Gasteiger partial charge in [-0.1, -0.05) is 29.0 Å². The van der Waals surface area contributed by atoms with Gasteiger partial charge in [0.15, 0.2) is 17.7 Å². The summed E-state index contributed by atoms with van der Waals surface area (Å²) in [6, 6.07) is 29.1. The molecule has 6 heterocycles. The van der Waals surface area contributed by atoms with Crippen LogP contribution < -0.4 is 24.8 Å². The van der Waals surface area contributed by atoms with Crippen LogP contribution in [0.25, 0.3) is 44.8 Å². The molecule has 1 unspecified atom stereocenters. The molecule has 2 atom stereocenters. The fourth-order valence-electron chi connectivity index (χ4n) is 9.39. The third-order valence-electron chi connectivity index (χ3n) is 13.3. The van der Waals surface area contributed by atoms with Gasteiger partial charge in [-0.3, -0.25) is 9.69 Å². The second kappa shape index (κ2) is 22.9. The molecule has 17 nitrogen and oxygen atoms in total. The van der Waals surface area contributed by atoms with Gasteiger partial charge in [0.05, 0.1) is 67.1 Å². The SMILES string of the molecule is C=C1C[C@@H](C2OCCN2C(=O)OCCSSc2ccccn2)N(C(=O)c2cc(OC)c(OCCCCCOc3ccc(-c4nc5ccc(-c6nc7ccc(N8CCN(C)CC8)cc7[nH]6)cc5[nH]4)cc3)cc2N)C1. The van der Waals surface area contributed by atoms with Crippen molar-refractivity contribution in [2.24, 2.45) is 0 Å². The average molecular weight is 1030 g/mol. The molecule has 380 valence electrons. The first kappa shape index (κ1) is 49.6. The maximum Gasteiger partial charge on any atom is 0.412 e. The predicted octanol–water partition coefficient (Wildman–Crippen LogP) is 9.15. The molecule has 3 fully saturated rings. The number of hydrogen-bond donors (Lipinski definition) is 3. The van der Waals surface area contributed by atoms with Crippen LogP contribution in [-0.4, -0.2) is 149 Å². The molecule has 7 aromatic rings. The Morgan fingerprint density at radius 3 is 2.32 bits per heavy atom. The van der Waals surface area contributed by atoms with Crippen LogP contribution in [0.1, 0.15) is 36.0 Å². The minimum atomic E-state index is -0.690. The number of pyridine rings is 1. The number of nitrogens with two attached hydrogens (primary N) is 1. The zero-order chi connectivity index (χ0) is 50.3. The van der Waals surface area contributed by atoms with Gasteiger partial charge in [0.25, 0.3) is 5.91 Å². The number of nitrogen functional groups attached to an aromatic ring is 1. The number of nitrogens with one attached hydrogen (secondary N) is 2. The number of aromatic amines is 2. The van der Waals surface area contributed by atoms with E-state index >= 15 is 0 Å². The zero-order valence-corrected chi connectivity index (χ0v) is 42.7. The molecule has 2 amide bonds. The van der Waals surface area contributed by atoms with Crippen LogP contribution in [0.2, 0.25) is 0 Å². The molecule has 3 aliphatic rings. The van der Waals surface area contributed by atoms with E-state index in [1.807, 2.05) is 48.5 Å². The molecule has 0 spiro atoms. The van der Waals surface area contributed by atoms with Crippen LogP contribution in [0.4, 0.5) is 16.2 Å². The number of likely N-dealkylation sites (tertiary alicyclic amines) is 1. The van der Waals surface area contributed by atoms with Gasteiger partial charge in [0.1, 0.15) is 29.0 Å². The molecule has 10 rings (SSSR count). The van der Waals surface area contributed by atoms with Crippen LogP contribution in [0.3, 0.4) is 0 Å². The summed E-state index contributed by atoms with van der Waals surface area (Å²) in [5, 5.41) is 0.888. The summed E-state index contributed by atoms with van der Waals surface area (Å²) in [5.74, 6) is 3.51. The van der Waals surface area contributed by atoms with Crippen LogP contribution >= 0.6 is 21.6 Å². The number of carbonyl (C=O) groups is 2. The Hall–Kier alpha value is -6.93. The van der Waals surface area contributed by atoms with Crippen molar-refractivity contribution in [3.63, 3.8) is 0 Å². The Morgan fingerprint density at radius 2 is 1.55 bits per heavy atom. The number of anilines is 2. The van der Waals surface area contributed by atoms with E-state index in [0.29, 0.717) is 56.6 Å². The van der Waals surface area contributed by atoms with E-state index in [4.69, 9.17) is 39.4 Å². The van der Waals surface area contributed by atoms with Crippen LogP contribution in [0, 0.1) is 0 Å². The Kier molecular flexibility index (Phi) is 15.6. The molecule has 4 N–H and O–H groups in total. The lowest BCUT2D eigenvalue weighted by Gasteiger charge is -2.34. The van der Waals surface area contributed by atoms with E-state index in [1.54, 1.807) is 38.9 Å². The Labute approximate surface area is 432 Å². The van der Waals surface area contributed by atoms with Crippen molar-refractivity contribution in [3.8, 4) is 40.0 Å². The second-order valence-corrected chi connectivity index (χ2v) is 20.8. The van der Waals surface area contributed by atoms with Gasteiger partial charge < -0.3 is 54.1 Å². The summed E-state index contributed by atoms with van der Waals surface area (Å²) >= 11 is 0. The number of likely N-dealkylation sites (N-methyl/N-ethyl adjacent to an activating group) is 1. The summed E-state index contributed by atoms with van der Waals surface area (Å²) in [4.78, 5) is 56.5. The Bertz CT molecular complexity index is 3050. The van der Waals surface area contributed by atoms with Gasteiger partial charge in [0.2, 0.25) is 0 Å². The van der Waals surface area contributed by atoms with Gasteiger partial charge in [-0.2, -0.15) is 0 Å². The van der Waals surface area contributed by atoms with Crippen molar-refractivity contribution in [2.45, 2.75) is 43.0 Å². The molecule has 4 aromatic carbocycles. The standard InChI is InChI=1S/C54H60N10O7S2/c1-35-29-46(53-63(23-26-70-53)54(66)71-27-28-72-73-49-9-5-6-18-56-49)64(34-35)52(65)40-32-47(67-3)48(33-41(40)55)69-25-8-4-7-24-68-39-14-10-36(11-15-39)50-57-42-16-12-37(30-44(42)59-50)51-58-43-17-13-38(31-45(43)60-51)62-21-19-61(2)20-22-62/h5-6,9-18,30-33,46,53H,1,4,7-8,19-29,34,55H2,2-3H3,(H,57,59)(H,58,60)/t46-,53?/m0/s1. The average Bonchev–Trinajstić information content (AvgIpc) is 4.24. The van der Waals surface area contributed by atoms with Crippen molar-refractivity contribution < 1.29 is 33.3 Å². The van der Waals surface area contributed by atoms with Gasteiger partial charge >= 0.3 is 6.09 Å². The second-order valence-electron chi connectivity index (χ2n) is 18.4. The quantitative estimate of drug-likeness (QED) is 0.0301. The fraction of sp³-hybridized carbons (Fsp3) is 0.352. The number of imidazole rings is 2. The minimum absolute atomic E-state index is 0.224. The molecule has 3 aromatic heterocycles. The summed E-state index contributed by atoms with van der Waals surface area (Å²) < 4.78 is 29.6. The number of hydrogen-bond acceptors (Lipinski definition) is 15. The smallest absolute Gasteiger partial charge is 0.412 e. The molecule has 3 saturated heterocycles. The highest BCUT2D eigenvalue weighted by Crippen LogP contribution is 2.37. The number of aromatic nitrogens is 5. The van der Waals surface area contributed by atoms with Crippen molar-refractivity contribution in [2.75, 3.05) is 96.2 Å². The van der Waals surface area contributed by atoms with Crippen LogP contribution in [-0.2, 0) is 9.47 Å². The number of nitrogens with zero attached hydrogens (tertiary/aromatic N) is 7. The normalized spacial score (nSPS) is 17.2. The maximum absolute atomic E-state index is 14.2. The third-order valence-corrected chi connectivity index (χ3v) is 15.5. The number of fused-ring (bicyclic) bond motifs is 2. The van der Waals surface area contributed by atoms with Gasteiger partial charge in [-0.05, 0) is 122 Å². The van der Waals surface area contributed by atoms with E-state index in [2.05, 4.69) is 68.7 Å². The molecule has 0 saturated carbocycles. The molecular formula is C54H60N10O7S2. The maximum atomic E-state index is 14.2. The lowest BCUT2D eigenvalue weighted by Crippen LogP contribution is -2.51. The van der Waals surface area contributed by atoms with Gasteiger partial charge in [0, 0.05) is 73.2 Å². The van der Waals surface area contributed by atoms with Crippen LogP contribution in [0.5, 0.6) is 17.2 Å². The number of benzene rings is 4. The van der Waals surface area contributed by atoms with Crippen molar-refractivity contribution in [1.29, 1.82) is 0 Å². The van der Waals surface area contributed by atoms with Gasteiger partial charge in [-0.15, -0.1) is 0 Å². The lowest BCUT2D eigenvalue weighted by molar-refractivity contribution is -0.0200. The molecule has 0 aliphatic carbocycles. The number of piperazine rings is 1. The molecule has 0 bridgehead atoms. The number of H-pyrrole nitrogens is 2. The summed E-state index contributed by atoms with van der Waals surface area (Å²) in [6.45, 7) is 10.5. The highest BCUT2D eigenvalue weighted by atomic mass is 33.1. The Balaban J connectivity index is 0.669. The largest absolute Gasteiger partial charge is 0.494 e. The van der Waals surface area contributed by atoms with E-state index in [9.17, 15) is 9.59 Å². The van der Waals surface area contributed by atoms with E-state index in [-0.39, 0.29) is 23.8 Å². The van der Waals surface area contributed by atoms with E-state index in [1.165, 1.54) is 23.6 Å². The highest BCUT2D eigenvalue weighted by Gasteiger charge is 2.45. The first-order valence-corrected chi connectivity index (χ1v) is 27.0. The molecular weight excluding hydrogens is 965 g/mol. The minimum Gasteiger partial charge on any atom is -0.494 e. The molecule has 3 aliphatic heterocycles. The number of amides is 2. The lowest BCUT2D eigenvalue weighted by atomic mass is 10.1. The highest BCUT2D eigenvalue weighted by molar-refractivity contribution is 8.76. The first-order valence-electron chi connectivity index (χ1n) is 24.7. The molecule has 19 heteroatoms. The number of unbranched alkanes of at least 4 members (excludes halogenated alkanes) is 2. The topological polar surface area (TPSA) is 190 Å². The van der Waals surface area contributed by atoms with Crippen molar-refractivity contribution in [3.05, 3.63) is 115 Å². The van der Waals surface area contributed by atoms with E-state index in [0.717, 1.165) is 107 Å². The van der Waals surface area contributed by atoms with E-state index < -0.39 is 18.4 Å². The van der Waals surface area contributed by atoms with Crippen molar-refractivity contribution >= 4 is 67.0 Å².